The van der Waals surface area contributed by atoms with Crippen LogP contribution in [0.15, 0.2) is 43.0 Å². The van der Waals surface area contributed by atoms with Gasteiger partial charge in [-0.3, -0.25) is 0 Å². The third-order valence-electron chi connectivity index (χ3n) is 1.36. The first-order valence-electron chi connectivity index (χ1n) is 3.20. The quantitative estimate of drug-likeness (QED) is 0.486. The van der Waals surface area contributed by atoms with Crippen molar-refractivity contribution in [2.75, 3.05) is 0 Å². The first kappa shape index (κ1) is 7.42. The van der Waals surface area contributed by atoms with E-state index < -0.39 is 0 Å². The fraction of sp³-hybridized carbons (Fsp3) is 0.111. The van der Waals surface area contributed by atoms with E-state index >= 15 is 0 Å². The maximum atomic E-state index is 4.30. The highest BCUT2D eigenvalue weighted by molar-refractivity contribution is 7.80. The molecule has 1 heteroatoms. The minimum absolute atomic E-state index is 0.168. The standard InChI is InChI=1S/C9H10S/c1-2-9(10)8-6-4-3-5-7-8/h2-7,9-10H,1H2/t9-/m1/s1. The second-order valence-electron chi connectivity index (χ2n) is 2.09. The molecule has 1 rings (SSSR count). The average molecular weight is 150 g/mol. The van der Waals surface area contributed by atoms with E-state index in [1.807, 2.05) is 36.4 Å². The van der Waals surface area contributed by atoms with Crippen LogP contribution in [-0.2, 0) is 0 Å². The van der Waals surface area contributed by atoms with Gasteiger partial charge in [0.2, 0.25) is 0 Å². The summed E-state index contributed by atoms with van der Waals surface area (Å²) in [5.41, 5.74) is 1.20. The summed E-state index contributed by atoms with van der Waals surface area (Å²) in [5.74, 6) is 0. The molecule has 0 saturated carbocycles. The molecule has 0 spiro atoms. The number of thiol groups is 1. The van der Waals surface area contributed by atoms with Crippen LogP contribution in [0, 0.1) is 0 Å². The van der Waals surface area contributed by atoms with Crippen molar-refractivity contribution in [1.82, 2.24) is 0 Å². The van der Waals surface area contributed by atoms with Gasteiger partial charge in [-0.05, 0) is 5.56 Å². The summed E-state index contributed by atoms with van der Waals surface area (Å²) in [4.78, 5) is 0. The lowest BCUT2D eigenvalue weighted by atomic mass is 10.1. The maximum absolute atomic E-state index is 4.30. The van der Waals surface area contributed by atoms with Gasteiger partial charge in [0, 0.05) is 5.25 Å². The van der Waals surface area contributed by atoms with Crippen LogP contribution in [0.5, 0.6) is 0 Å². The molecule has 0 aliphatic heterocycles. The number of hydrogen-bond donors (Lipinski definition) is 1. The topological polar surface area (TPSA) is 0 Å². The molecule has 0 radical (unpaired) electrons. The Kier molecular flexibility index (Phi) is 2.57. The Balaban J connectivity index is 2.84. The minimum atomic E-state index is 0.168. The molecule has 0 aliphatic rings. The summed E-state index contributed by atoms with van der Waals surface area (Å²) in [7, 11) is 0. The monoisotopic (exact) mass is 150 g/mol. The van der Waals surface area contributed by atoms with Crippen molar-refractivity contribution in [1.29, 1.82) is 0 Å². The number of benzene rings is 1. The smallest absolute Gasteiger partial charge is 0.0444 e. The lowest BCUT2D eigenvalue weighted by molar-refractivity contribution is 1.25. The van der Waals surface area contributed by atoms with Gasteiger partial charge in [-0.1, -0.05) is 36.4 Å². The molecule has 10 heavy (non-hydrogen) atoms. The molecule has 1 aromatic rings. The molecule has 0 bridgehead atoms. The second kappa shape index (κ2) is 3.47. The zero-order valence-corrected chi connectivity index (χ0v) is 6.59. The van der Waals surface area contributed by atoms with E-state index in [1.54, 1.807) is 0 Å². The average Bonchev–Trinajstić information content (AvgIpc) is 2.05. The van der Waals surface area contributed by atoms with Crippen LogP contribution in [0.1, 0.15) is 10.8 Å². The molecule has 0 saturated heterocycles. The molecule has 0 aliphatic carbocycles. The molecule has 0 amide bonds. The van der Waals surface area contributed by atoms with Gasteiger partial charge >= 0.3 is 0 Å². The fourth-order valence-corrected chi connectivity index (χ4v) is 0.958. The number of rotatable bonds is 2. The minimum Gasteiger partial charge on any atom is -0.167 e. The van der Waals surface area contributed by atoms with Gasteiger partial charge in [-0.2, -0.15) is 12.6 Å². The first-order chi connectivity index (χ1) is 4.84. The van der Waals surface area contributed by atoms with Crippen LogP contribution >= 0.6 is 12.6 Å². The van der Waals surface area contributed by atoms with E-state index in [0.717, 1.165) is 0 Å². The number of hydrogen-bond acceptors (Lipinski definition) is 1. The molecule has 52 valence electrons. The van der Waals surface area contributed by atoms with E-state index in [2.05, 4.69) is 19.2 Å². The highest BCUT2D eigenvalue weighted by atomic mass is 32.1. The van der Waals surface area contributed by atoms with Crippen molar-refractivity contribution in [2.24, 2.45) is 0 Å². The molecule has 0 aromatic heterocycles. The second-order valence-corrected chi connectivity index (χ2v) is 2.65. The maximum Gasteiger partial charge on any atom is 0.0444 e. The molecule has 0 N–H and O–H groups in total. The zero-order valence-electron chi connectivity index (χ0n) is 5.70. The third-order valence-corrected chi connectivity index (χ3v) is 1.87. The van der Waals surface area contributed by atoms with Gasteiger partial charge in [0.25, 0.3) is 0 Å². The molecule has 1 atom stereocenters. The van der Waals surface area contributed by atoms with E-state index in [0.29, 0.717) is 0 Å². The summed E-state index contributed by atoms with van der Waals surface area (Å²) >= 11 is 4.30. The van der Waals surface area contributed by atoms with Crippen LogP contribution < -0.4 is 0 Å². The first-order valence-corrected chi connectivity index (χ1v) is 3.72. The Morgan fingerprint density at radius 2 is 1.90 bits per heavy atom. The zero-order chi connectivity index (χ0) is 7.40. The van der Waals surface area contributed by atoms with Gasteiger partial charge < -0.3 is 0 Å². The summed E-state index contributed by atoms with van der Waals surface area (Å²) < 4.78 is 0. The summed E-state index contributed by atoms with van der Waals surface area (Å²) in [5, 5.41) is 0.168. The lowest BCUT2D eigenvalue weighted by Crippen LogP contribution is -1.82. The van der Waals surface area contributed by atoms with Gasteiger partial charge in [-0.15, -0.1) is 6.58 Å². The molecular formula is C9H10S. The molecule has 0 unspecified atom stereocenters. The largest absolute Gasteiger partial charge is 0.167 e. The molecule has 0 fully saturated rings. The fourth-order valence-electron chi connectivity index (χ4n) is 0.786. The Morgan fingerprint density at radius 3 is 2.40 bits per heavy atom. The van der Waals surface area contributed by atoms with Crippen molar-refractivity contribution in [3.63, 3.8) is 0 Å². The Labute approximate surface area is 67.0 Å². The van der Waals surface area contributed by atoms with Crippen molar-refractivity contribution >= 4 is 12.6 Å². The Bertz CT molecular complexity index is 203. The Hall–Kier alpha value is -0.690. The predicted molar refractivity (Wildman–Crippen MR) is 48.4 cm³/mol. The normalized spacial score (nSPS) is 12.5. The van der Waals surface area contributed by atoms with Gasteiger partial charge in [0.15, 0.2) is 0 Å². The van der Waals surface area contributed by atoms with E-state index in [-0.39, 0.29) is 5.25 Å². The van der Waals surface area contributed by atoms with E-state index in [4.69, 9.17) is 0 Å². The summed E-state index contributed by atoms with van der Waals surface area (Å²) in [6, 6.07) is 10.1. The molecular weight excluding hydrogens is 140 g/mol. The highest BCUT2D eigenvalue weighted by Crippen LogP contribution is 2.19. The van der Waals surface area contributed by atoms with Crippen molar-refractivity contribution in [3.8, 4) is 0 Å². The van der Waals surface area contributed by atoms with Gasteiger partial charge in [0.1, 0.15) is 0 Å². The predicted octanol–water partition coefficient (Wildman–Crippen LogP) is 2.84. The van der Waals surface area contributed by atoms with Crippen LogP contribution in [0.4, 0.5) is 0 Å². The Morgan fingerprint density at radius 1 is 1.30 bits per heavy atom. The van der Waals surface area contributed by atoms with Gasteiger partial charge in [0.05, 0.1) is 0 Å². The molecule has 0 nitrogen and oxygen atoms in total. The van der Waals surface area contributed by atoms with Crippen molar-refractivity contribution in [3.05, 3.63) is 48.6 Å². The van der Waals surface area contributed by atoms with Crippen molar-refractivity contribution < 1.29 is 0 Å². The van der Waals surface area contributed by atoms with Crippen molar-refractivity contribution in [2.45, 2.75) is 5.25 Å². The molecule has 0 heterocycles. The SMILES string of the molecule is C=C[C@@H](S)c1ccccc1. The van der Waals surface area contributed by atoms with Crippen LogP contribution in [0.2, 0.25) is 0 Å². The van der Waals surface area contributed by atoms with Crippen LogP contribution in [0.3, 0.4) is 0 Å². The van der Waals surface area contributed by atoms with Crippen LogP contribution in [0.25, 0.3) is 0 Å². The summed E-state index contributed by atoms with van der Waals surface area (Å²) in [6.45, 7) is 3.66. The van der Waals surface area contributed by atoms with E-state index in [1.165, 1.54) is 5.56 Å². The highest BCUT2D eigenvalue weighted by Gasteiger charge is 1.97. The van der Waals surface area contributed by atoms with E-state index in [9.17, 15) is 0 Å². The summed E-state index contributed by atoms with van der Waals surface area (Å²) in [6.07, 6.45) is 1.82. The third kappa shape index (κ3) is 1.64. The molecule has 1 aromatic carbocycles. The lowest BCUT2D eigenvalue weighted by Gasteiger charge is -2.02. The van der Waals surface area contributed by atoms with Crippen LogP contribution in [-0.4, -0.2) is 0 Å². The van der Waals surface area contributed by atoms with Gasteiger partial charge in [-0.25, -0.2) is 0 Å².